The van der Waals surface area contributed by atoms with E-state index in [9.17, 15) is 9.90 Å². The summed E-state index contributed by atoms with van der Waals surface area (Å²) in [6, 6.07) is 0. The largest absolute Gasteiger partial charge is 0.342 e. The third-order valence-corrected chi connectivity index (χ3v) is 2.51. The third-order valence-electron chi connectivity index (χ3n) is 2.51. The predicted molar refractivity (Wildman–Crippen MR) is 45.1 cm³/mol. The molecule has 1 radical (unpaired) electrons. The Kier molecular flexibility index (Phi) is 3.09. The van der Waals surface area contributed by atoms with Gasteiger partial charge < -0.3 is 4.90 Å². The molecule has 1 aliphatic rings. The van der Waals surface area contributed by atoms with Gasteiger partial charge in [0.15, 0.2) is 0 Å². The molecule has 0 aromatic rings. The van der Waals surface area contributed by atoms with Gasteiger partial charge in [-0.15, -0.1) is 0 Å². The molecular weight excluding hydrogens is 154 g/mol. The fourth-order valence-electron chi connectivity index (χ4n) is 1.43. The van der Waals surface area contributed by atoms with Gasteiger partial charge >= 0.3 is 0 Å². The smallest absolute Gasteiger partial charge is 0.228 e. The molecule has 1 amide bonds. The highest BCUT2D eigenvalue weighted by Crippen LogP contribution is 2.14. The van der Waals surface area contributed by atoms with E-state index in [1.54, 1.807) is 18.7 Å². The van der Waals surface area contributed by atoms with Gasteiger partial charge in [-0.1, -0.05) is 6.92 Å². The summed E-state index contributed by atoms with van der Waals surface area (Å²) in [7, 11) is 0. The SMILES string of the molecule is CC([O])C(C)C(=O)N1CCCC1. The van der Waals surface area contributed by atoms with Crippen molar-refractivity contribution in [3.63, 3.8) is 0 Å². The molecule has 0 aromatic carbocycles. The maximum absolute atomic E-state index is 11.5. The molecule has 1 saturated heterocycles. The van der Waals surface area contributed by atoms with Crippen molar-refractivity contribution >= 4 is 5.91 Å². The van der Waals surface area contributed by atoms with Crippen LogP contribution in [-0.2, 0) is 9.90 Å². The summed E-state index contributed by atoms with van der Waals surface area (Å²) < 4.78 is 0. The first-order valence-corrected chi connectivity index (χ1v) is 4.57. The summed E-state index contributed by atoms with van der Waals surface area (Å²) in [5.74, 6) is -0.321. The second-order valence-electron chi connectivity index (χ2n) is 3.53. The minimum atomic E-state index is -0.780. The van der Waals surface area contributed by atoms with Gasteiger partial charge in [-0.2, -0.15) is 0 Å². The number of amides is 1. The zero-order valence-electron chi connectivity index (χ0n) is 7.75. The molecule has 3 nitrogen and oxygen atoms in total. The molecule has 0 N–H and O–H groups in total. The minimum Gasteiger partial charge on any atom is -0.342 e. The van der Waals surface area contributed by atoms with Crippen LogP contribution < -0.4 is 0 Å². The standard InChI is InChI=1S/C9H16NO2/c1-7(8(2)11)9(12)10-5-3-4-6-10/h7-8H,3-6H2,1-2H3. The van der Waals surface area contributed by atoms with Gasteiger partial charge in [0.1, 0.15) is 6.10 Å². The first-order chi connectivity index (χ1) is 5.63. The molecule has 2 atom stereocenters. The van der Waals surface area contributed by atoms with E-state index < -0.39 is 6.10 Å². The van der Waals surface area contributed by atoms with Crippen molar-refractivity contribution in [1.29, 1.82) is 0 Å². The van der Waals surface area contributed by atoms with E-state index >= 15 is 0 Å². The average molecular weight is 170 g/mol. The van der Waals surface area contributed by atoms with Crippen LogP contribution >= 0.6 is 0 Å². The Hall–Kier alpha value is -0.570. The van der Waals surface area contributed by atoms with Crippen molar-refractivity contribution in [3.8, 4) is 0 Å². The summed E-state index contributed by atoms with van der Waals surface area (Å²) in [6.07, 6.45) is 1.40. The molecule has 1 heterocycles. The van der Waals surface area contributed by atoms with Crippen molar-refractivity contribution in [2.45, 2.75) is 32.8 Å². The Labute approximate surface area is 73.4 Å². The number of nitrogens with zero attached hydrogens (tertiary/aromatic N) is 1. The molecule has 0 spiro atoms. The monoisotopic (exact) mass is 170 g/mol. The lowest BCUT2D eigenvalue weighted by Gasteiger charge is -2.20. The molecule has 0 aliphatic carbocycles. The Morgan fingerprint density at radius 3 is 2.17 bits per heavy atom. The van der Waals surface area contributed by atoms with Gasteiger partial charge in [0.05, 0.1) is 5.92 Å². The molecule has 69 valence electrons. The molecule has 0 bridgehead atoms. The van der Waals surface area contributed by atoms with Crippen LogP contribution in [0.5, 0.6) is 0 Å². The molecule has 1 aliphatic heterocycles. The van der Waals surface area contributed by atoms with Crippen LogP contribution in [0.3, 0.4) is 0 Å². The molecule has 3 heteroatoms. The van der Waals surface area contributed by atoms with Crippen molar-refractivity contribution < 1.29 is 9.90 Å². The maximum Gasteiger partial charge on any atom is 0.228 e. The molecule has 12 heavy (non-hydrogen) atoms. The highest BCUT2D eigenvalue weighted by Gasteiger charge is 2.26. The topological polar surface area (TPSA) is 40.2 Å². The van der Waals surface area contributed by atoms with Crippen molar-refractivity contribution in [1.82, 2.24) is 4.90 Å². The lowest BCUT2D eigenvalue weighted by molar-refractivity contribution is -0.138. The van der Waals surface area contributed by atoms with Crippen LogP contribution in [0.1, 0.15) is 26.7 Å². The van der Waals surface area contributed by atoms with E-state index in [1.165, 1.54) is 0 Å². The molecule has 0 aromatic heterocycles. The average Bonchev–Trinajstić information content (AvgIpc) is 2.53. The number of hydrogen-bond donors (Lipinski definition) is 0. The predicted octanol–water partition coefficient (Wildman–Crippen LogP) is 1.06. The van der Waals surface area contributed by atoms with Crippen LogP contribution in [0.2, 0.25) is 0 Å². The van der Waals surface area contributed by atoms with Crippen LogP contribution in [-0.4, -0.2) is 30.0 Å². The highest BCUT2D eigenvalue weighted by molar-refractivity contribution is 5.79. The minimum absolute atomic E-state index is 0.0370. The molecule has 1 fully saturated rings. The Balaban J connectivity index is 2.45. The van der Waals surface area contributed by atoms with Gasteiger partial charge in [0.25, 0.3) is 0 Å². The zero-order chi connectivity index (χ0) is 9.14. The summed E-state index contributed by atoms with van der Waals surface area (Å²) in [5.41, 5.74) is 0. The molecular formula is C9H16NO2. The van der Waals surface area contributed by atoms with E-state index in [2.05, 4.69) is 0 Å². The van der Waals surface area contributed by atoms with E-state index in [1.807, 2.05) is 0 Å². The van der Waals surface area contributed by atoms with E-state index in [0.29, 0.717) is 0 Å². The van der Waals surface area contributed by atoms with E-state index in [-0.39, 0.29) is 11.8 Å². The number of likely N-dealkylation sites (tertiary alicyclic amines) is 1. The second-order valence-corrected chi connectivity index (χ2v) is 3.53. The zero-order valence-corrected chi connectivity index (χ0v) is 7.75. The van der Waals surface area contributed by atoms with Crippen molar-refractivity contribution in [3.05, 3.63) is 0 Å². The quantitative estimate of drug-likeness (QED) is 0.611. The Morgan fingerprint density at radius 2 is 1.75 bits per heavy atom. The second kappa shape index (κ2) is 3.90. The number of hydrogen-bond acceptors (Lipinski definition) is 1. The highest BCUT2D eigenvalue weighted by atomic mass is 16.3. The number of rotatable bonds is 2. The lowest BCUT2D eigenvalue weighted by atomic mass is 10.1. The van der Waals surface area contributed by atoms with Crippen LogP contribution in [0, 0.1) is 5.92 Å². The molecule has 2 unspecified atom stereocenters. The Bertz CT molecular complexity index is 158. The van der Waals surface area contributed by atoms with Crippen LogP contribution in [0.25, 0.3) is 0 Å². The van der Waals surface area contributed by atoms with Gasteiger partial charge in [-0.05, 0) is 19.8 Å². The number of carbonyl (C=O) groups excluding carboxylic acids is 1. The van der Waals surface area contributed by atoms with Crippen molar-refractivity contribution in [2.24, 2.45) is 5.92 Å². The summed E-state index contributed by atoms with van der Waals surface area (Å²) in [4.78, 5) is 13.3. The third kappa shape index (κ3) is 1.97. The molecule has 1 rings (SSSR count). The number of carbonyl (C=O) groups is 1. The lowest BCUT2D eigenvalue weighted by Crippen LogP contribution is -2.36. The maximum atomic E-state index is 11.5. The van der Waals surface area contributed by atoms with Gasteiger partial charge in [-0.3, -0.25) is 4.79 Å². The van der Waals surface area contributed by atoms with Gasteiger partial charge in [0.2, 0.25) is 5.91 Å². The van der Waals surface area contributed by atoms with E-state index in [4.69, 9.17) is 0 Å². The van der Waals surface area contributed by atoms with Gasteiger partial charge in [0, 0.05) is 13.1 Å². The summed E-state index contributed by atoms with van der Waals surface area (Å²) in [5, 5.41) is 11.0. The van der Waals surface area contributed by atoms with Crippen LogP contribution in [0.4, 0.5) is 0 Å². The van der Waals surface area contributed by atoms with Crippen LogP contribution in [0.15, 0.2) is 0 Å². The molecule has 0 saturated carbocycles. The fraction of sp³-hybridized carbons (Fsp3) is 0.889. The summed E-state index contributed by atoms with van der Waals surface area (Å²) >= 11 is 0. The first kappa shape index (κ1) is 9.52. The van der Waals surface area contributed by atoms with Gasteiger partial charge in [-0.25, -0.2) is 5.11 Å². The Morgan fingerprint density at radius 1 is 1.25 bits per heavy atom. The van der Waals surface area contributed by atoms with Crippen molar-refractivity contribution in [2.75, 3.05) is 13.1 Å². The fourth-order valence-corrected chi connectivity index (χ4v) is 1.43. The van der Waals surface area contributed by atoms with E-state index in [0.717, 1.165) is 25.9 Å². The normalized spacial score (nSPS) is 22.4. The summed E-state index contributed by atoms with van der Waals surface area (Å²) in [6.45, 7) is 4.96. The first-order valence-electron chi connectivity index (χ1n) is 4.57.